The molecule has 6 nitrogen and oxygen atoms in total. The Morgan fingerprint density at radius 1 is 1.53 bits per heavy atom. The molecule has 0 radical (unpaired) electrons. The van der Waals surface area contributed by atoms with Crippen LogP contribution in [-0.2, 0) is 4.79 Å². The minimum Gasteiger partial charge on any atom is -0.479 e. The van der Waals surface area contributed by atoms with Crippen LogP contribution in [0.4, 0.5) is 5.69 Å². The Morgan fingerprint density at radius 3 is 3.00 bits per heavy atom. The van der Waals surface area contributed by atoms with E-state index >= 15 is 0 Å². The molecule has 1 aromatic carbocycles. The van der Waals surface area contributed by atoms with Crippen LogP contribution in [0.25, 0.3) is 6.08 Å². The van der Waals surface area contributed by atoms with Crippen molar-refractivity contribution < 1.29 is 14.5 Å². The van der Waals surface area contributed by atoms with E-state index in [1.165, 1.54) is 6.08 Å². The van der Waals surface area contributed by atoms with Crippen molar-refractivity contribution in [2.24, 2.45) is 0 Å². The van der Waals surface area contributed by atoms with E-state index in [4.69, 9.17) is 4.74 Å². The predicted molar refractivity (Wildman–Crippen MR) is 61.2 cm³/mol. The topological polar surface area (TPSA) is 81.5 Å². The summed E-state index contributed by atoms with van der Waals surface area (Å²) in [5, 5.41) is 12.9. The van der Waals surface area contributed by atoms with Crippen LogP contribution in [0.5, 0.6) is 5.75 Å². The summed E-state index contributed by atoms with van der Waals surface area (Å²) >= 11 is 0. The van der Waals surface area contributed by atoms with Gasteiger partial charge in [0.25, 0.3) is 5.91 Å². The highest BCUT2D eigenvalue weighted by Crippen LogP contribution is 2.30. The lowest BCUT2D eigenvalue weighted by atomic mass is 10.1. The number of nitro groups is 1. The number of amides is 1. The van der Waals surface area contributed by atoms with E-state index in [0.29, 0.717) is 17.0 Å². The molecule has 0 saturated heterocycles. The second kappa shape index (κ2) is 4.25. The van der Waals surface area contributed by atoms with Crippen molar-refractivity contribution in [2.75, 3.05) is 5.32 Å². The average molecular weight is 234 g/mol. The largest absolute Gasteiger partial charge is 0.479 e. The van der Waals surface area contributed by atoms with Gasteiger partial charge in [-0.2, -0.15) is 0 Å². The third kappa shape index (κ3) is 2.41. The summed E-state index contributed by atoms with van der Waals surface area (Å²) in [7, 11) is 0. The number of carbonyl (C=O) groups is 1. The molecule has 2 rings (SSSR count). The Morgan fingerprint density at radius 2 is 2.29 bits per heavy atom. The summed E-state index contributed by atoms with van der Waals surface area (Å²) in [6.07, 6.45) is 1.67. The minimum absolute atomic E-state index is 0.229. The summed E-state index contributed by atoms with van der Waals surface area (Å²) in [6, 6.07) is 4.98. The first-order valence-electron chi connectivity index (χ1n) is 4.99. The Kier molecular flexibility index (Phi) is 2.78. The van der Waals surface area contributed by atoms with Crippen LogP contribution in [0.1, 0.15) is 12.5 Å². The number of ether oxygens (including phenoxy) is 1. The number of rotatable bonds is 2. The standard InChI is InChI=1S/C11H10N2O4/c1-7-11(14)12-9-6-8(4-5-13(15)16)2-3-10(9)17-7/h2-7H,1H3,(H,12,14)/b5-4+. The van der Waals surface area contributed by atoms with Gasteiger partial charge in [0.05, 0.1) is 10.6 Å². The van der Waals surface area contributed by atoms with Gasteiger partial charge in [-0.1, -0.05) is 6.07 Å². The quantitative estimate of drug-likeness (QED) is 0.623. The van der Waals surface area contributed by atoms with Crippen LogP contribution in [0.15, 0.2) is 24.4 Å². The zero-order valence-corrected chi connectivity index (χ0v) is 9.04. The molecule has 1 aromatic rings. The van der Waals surface area contributed by atoms with Gasteiger partial charge in [0, 0.05) is 6.08 Å². The molecule has 1 atom stereocenters. The lowest BCUT2D eigenvalue weighted by molar-refractivity contribution is -0.400. The van der Waals surface area contributed by atoms with Gasteiger partial charge < -0.3 is 10.1 Å². The molecule has 1 amide bonds. The zero-order valence-electron chi connectivity index (χ0n) is 9.04. The van der Waals surface area contributed by atoms with Gasteiger partial charge in [0.2, 0.25) is 6.20 Å². The van der Waals surface area contributed by atoms with Crippen LogP contribution < -0.4 is 10.1 Å². The Hall–Kier alpha value is -2.37. The van der Waals surface area contributed by atoms with Gasteiger partial charge in [-0.15, -0.1) is 0 Å². The van der Waals surface area contributed by atoms with Gasteiger partial charge >= 0.3 is 0 Å². The van der Waals surface area contributed by atoms with Crippen LogP contribution in [0.3, 0.4) is 0 Å². The van der Waals surface area contributed by atoms with E-state index in [1.54, 1.807) is 25.1 Å². The van der Waals surface area contributed by atoms with E-state index in [2.05, 4.69) is 5.32 Å². The van der Waals surface area contributed by atoms with E-state index < -0.39 is 11.0 Å². The minimum atomic E-state index is -0.545. The molecule has 0 saturated carbocycles. The van der Waals surface area contributed by atoms with Crippen molar-refractivity contribution in [3.8, 4) is 5.75 Å². The summed E-state index contributed by atoms with van der Waals surface area (Å²) in [4.78, 5) is 21.0. The van der Waals surface area contributed by atoms with Gasteiger partial charge in [0.15, 0.2) is 6.10 Å². The van der Waals surface area contributed by atoms with Gasteiger partial charge in [-0.05, 0) is 24.6 Å². The highest BCUT2D eigenvalue weighted by atomic mass is 16.6. The number of fused-ring (bicyclic) bond motifs is 1. The lowest BCUT2D eigenvalue weighted by Gasteiger charge is -2.23. The molecule has 1 unspecified atom stereocenters. The number of anilines is 1. The maximum absolute atomic E-state index is 11.4. The molecule has 1 N–H and O–H groups in total. The molecule has 0 bridgehead atoms. The molecule has 1 heterocycles. The highest BCUT2D eigenvalue weighted by Gasteiger charge is 2.23. The van der Waals surface area contributed by atoms with Gasteiger partial charge in [-0.3, -0.25) is 14.9 Å². The highest BCUT2D eigenvalue weighted by molar-refractivity contribution is 5.97. The molecule has 0 aliphatic carbocycles. The molecule has 88 valence electrons. The van der Waals surface area contributed by atoms with E-state index in [0.717, 1.165) is 6.20 Å². The maximum Gasteiger partial charge on any atom is 0.265 e. The average Bonchev–Trinajstić information content (AvgIpc) is 2.28. The van der Waals surface area contributed by atoms with Crippen molar-refractivity contribution in [3.05, 3.63) is 40.1 Å². The number of nitrogens with zero attached hydrogens (tertiary/aromatic N) is 1. The number of hydrogen-bond donors (Lipinski definition) is 1. The monoisotopic (exact) mass is 234 g/mol. The first kappa shape index (κ1) is 11.1. The van der Waals surface area contributed by atoms with Crippen molar-refractivity contribution in [2.45, 2.75) is 13.0 Å². The fourth-order valence-corrected chi connectivity index (χ4v) is 1.48. The molecule has 1 aliphatic heterocycles. The SMILES string of the molecule is CC1Oc2ccc(/C=C/[N+](=O)[O-])cc2NC1=O. The number of hydrogen-bond acceptors (Lipinski definition) is 4. The van der Waals surface area contributed by atoms with Gasteiger partial charge in [0.1, 0.15) is 5.75 Å². The predicted octanol–water partition coefficient (Wildman–Crippen LogP) is 1.65. The van der Waals surface area contributed by atoms with Crippen LogP contribution in [0.2, 0.25) is 0 Å². The van der Waals surface area contributed by atoms with Crippen molar-refractivity contribution in [1.29, 1.82) is 0 Å². The lowest BCUT2D eigenvalue weighted by Crippen LogP contribution is -2.34. The van der Waals surface area contributed by atoms with E-state index in [9.17, 15) is 14.9 Å². The van der Waals surface area contributed by atoms with Crippen molar-refractivity contribution in [1.82, 2.24) is 0 Å². The van der Waals surface area contributed by atoms with Crippen LogP contribution >= 0.6 is 0 Å². The molecular formula is C11H10N2O4. The van der Waals surface area contributed by atoms with Crippen LogP contribution in [-0.4, -0.2) is 16.9 Å². The Labute approximate surface area is 97.0 Å². The smallest absolute Gasteiger partial charge is 0.265 e. The first-order chi connectivity index (χ1) is 8.06. The molecule has 0 spiro atoms. The molecule has 0 aromatic heterocycles. The molecule has 1 aliphatic rings. The summed E-state index contributed by atoms with van der Waals surface area (Å²) < 4.78 is 5.35. The third-order valence-corrected chi connectivity index (χ3v) is 2.32. The summed E-state index contributed by atoms with van der Waals surface area (Å²) in [6.45, 7) is 1.65. The normalized spacial score (nSPS) is 18.4. The summed E-state index contributed by atoms with van der Waals surface area (Å²) in [5.41, 5.74) is 1.15. The Balaban J connectivity index is 2.28. The van der Waals surface area contributed by atoms with Crippen molar-refractivity contribution >= 4 is 17.7 Å². The zero-order chi connectivity index (χ0) is 12.4. The number of carbonyl (C=O) groups excluding carboxylic acids is 1. The summed E-state index contributed by atoms with van der Waals surface area (Å²) in [5.74, 6) is 0.336. The van der Waals surface area contributed by atoms with E-state index in [-0.39, 0.29) is 5.91 Å². The molecule has 17 heavy (non-hydrogen) atoms. The first-order valence-corrected chi connectivity index (χ1v) is 4.99. The fraction of sp³-hybridized carbons (Fsp3) is 0.182. The second-order valence-corrected chi connectivity index (χ2v) is 3.61. The molecular weight excluding hydrogens is 224 g/mol. The van der Waals surface area contributed by atoms with E-state index in [1.807, 2.05) is 0 Å². The second-order valence-electron chi connectivity index (χ2n) is 3.61. The number of benzene rings is 1. The molecule has 6 heteroatoms. The fourth-order valence-electron chi connectivity index (χ4n) is 1.48. The molecule has 0 fully saturated rings. The number of nitrogens with one attached hydrogen (secondary N) is 1. The Bertz CT molecular complexity index is 510. The van der Waals surface area contributed by atoms with Gasteiger partial charge in [-0.25, -0.2) is 0 Å². The van der Waals surface area contributed by atoms with Crippen LogP contribution in [0, 0.1) is 10.1 Å². The third-order valence-electron chi connectivity index (χ3n) is 2.32. The maximum atomic E-state index is 11.4. The van der Waals surface area contributed by atoms with Crippen molar-refractivity contribution in [3.63, 3.8) is 0 Å².